The maximum absolute atomic E-state index is 6.96. The van der Waals surface area contributed by atoms with E-state index in [2.05, 4.69) is 242 Å². The second kappa shape index (κ2) is 14.9. The average Bonchev–Trinajstić information content (AvgIpc) is 3.79. The van der Waals surface area contributed by atoms with Gasteiger partial charge in [0.25, 0.3) is 6.33 Å². The first-order chi connectivity index (χ1) is 29.4. The zero-order chi connectivity index (χ0) is 43.8. The summed E-state index contributed by atoms with van der Waals surface area (Å²) in [6.07, 6.45) is 4.18. The van der Waals surface area contributed by atoms with Crippen molar-refractivity contribution in [2.75, 3.05) is 0 Å². The number of hydrogen-bond donors (Lipinski definition) is 0. The van der Waals surface area contributed by atoms with Gasteiger partial charge >= 0.3 is 0 Å². The van der Waals surface area contributed by atoms with Crippen molar-refractivity contribution < 1.29 is 9.30 Å². The zero-order valence-corrected chi connectivity index (χ0v) is 38.2. The number of pyridine rings is 1. The van der Waals surface area contributed by atoms with Crippen LogP contribution in [0.15, 0.2) is 158 Å². The van der Waals surface area contributed by atoms with Crippen LogP contribution in [-0.4, -0.2) is 14.1 Å². The molecule has 0 aliphatic heterocycles. The monoisotopic (exact) mass is 815 g/mol. The van der Waals surface area contributed by atoms with Gasteiger partial charge < -0.3 is 4.74 Å². The van der Waals surface area contributed by atoms with Gasteiger partial charge in [-0.15, -0.1) is 0 Å². The molecular weight excluding hydrogens is 757 g/mol. The smallest absolute Gasteiger partial charge is 0.255 e. The highest BCUT2D eigenvalue weighted by atomic mass is 16.5. The van der Waals surface area contributed by atoms with Crippen molar-refractivity contribution in [2.45, 2.75) is 97.8 Å². The van der Waals surface area contributed by atoms with Crippen LogP contribution >= 0.6 is 0 Å². The van der Waals surface area contributed by atoms with Gasteiger partial charge in [-0.25, -0.2) is 4.98 Å². The van der Waals surface area contributed by atoms with E-state index in [0.29, 0.717) is 0 Å². The predicted octanol–water partition coefficient (Wildman–Crippen LogP) is 14.4. The molecule has 0 radical (unpaired) electrons. The quantitative estimate of drug-likeness (QED) is 0.150. The SMILES string of the molecule is CC(C)(C)c1cc(Oc2ccc3c4ccccc4n(-c4cc(C(C)(C)c5ccccc5)ccn4)c3c2)cc(-n2c[n+](-c3cc(C(C)(C)C)cc(C(C)(C)C)c3)c3ccccc32)c1. The highest BCUT2D eigenvalue weighted by molar-refractivity contribution is 6.09. The fourth-order valence-electron chi connectivity index (χ4n) is 8.70. The molecule has 9 rings (SSSR count). The number of benzene rings is 6. The van der Waals surface area contributed by atoms with Crippen molar-refractivity contribution in [2.24, 2.45) is 0 Å². The Kier molecular flexibility index (Phi) is 9.81. The largest absolute Gasteiger partial charge is 0.457 e. The van der Waals surface area contributed by atoms with E-state index in [-0.39, 0.29) is 21.7 Å². The van der Waals surface area contributed by atoms with Gasteiger partial charge in [0.05, 0.1) is 11.0 Å². The van der Waals surface area contributed by atoms with E-state index in [9.17, 15) is 0 Å². The van der Waals surface area contributed by atoms with Crippen molar-refractivity contribution in [3.8, 4) is 28.7 Å². The minimum absolute atomic E-state index is 0.000566. The van der Waals surface area contributed by atoms with Gasteiger partial charge in [-0.05, 0) is 111 Å². The lowest BCUT2D eigenvalue weighted by atomic mass is 9.78. The molecule has 0 spiro atoms. The van der Waals surface area contributed by atoms with Gasteiger partial charge in [0.1, 0.15) is 28.7 Å². The number of nitrogens with zero attached hydrogens (tertiary/aromatic N) is 4. The van der Waals surface area contributed by atoms with Crippen molar-refractivity contribution in [3.63, 3.8) is 0 Å². The van der Waals surface area contributed by atoms with E-state index in [1.165, 1.54) is 33.2 Å². The molecule has 9 aromatic rings. The van der Waals surface area contributed by atoms with Crippen LogP contribution < -0.4 is 9.30 Å². The van der Waals surface area contributed by atoms with Crippen LogP contribution in [-0.2, 0) is 21.7 Å². The highest BCUT2D eigenvalue weighted by Crippen LogP contribution is 2.39. The molecule has 0 amide bonds. The summed E-state index contributed by atoms with van der Waals surface area (Å²) in [4.78, 5) is 4.99. The van der Waals surface area contributed by atoms with Gasteiger partial charge in [-0.1, -0.05) is 143 Å². The summed E-state index contributed by atoms with van der Waals surface area (Å²) < 4.78 is 13.9. The Hall–Kier alpha value is -6.46. The van der Waals surface area contributed by atoms with Gasteiger partial charge in [-0.3, -0.25) is 4.57 Å². The number of hydrogen-bond acceptors (Lipinski definition) is 2. The average molecular weight is 816 g/mol. The molecule has 3 aromatic heterocycles. The molecular formula is C57H59N4O+. The summed E-state index contributed by atoms with van der Waals surface area (Å²) >= 11 is 0. The molecule has 62 heavy (non-hydrogen) atoms. The Morgan fingerprint density at radius 1 is 0.468 bits per heavy atom. The topological polar surface area (TPSA) is 35.9 Å². The molecule has 0 N–H and O–H groups in total. The molecule has 0 unspecified atom stereocenters. The third-order valence-corrected chi connectivity index (χ3v) is 12.7. The first-order valence-corrected chi connectivity index (χ1v) is 21.9. The number of fused-ring (bicyclic) bond motifs is 4. The summed E-state index contributed by atoms with van der Waals surface area (Å²) in [5.74, 6) is 2.43. The van der Waals surface area contributed by atoms with Crippen LogP contribution in [0, 0.1) is 0 Å². The molecule has 0 aliphatic carbocycles. The maximum atomic E-state index is 6.96. The van der Waals surface area contributed by atoms with Gasteiger partial charge in [0.2, 0.25) is 0 Å². The fraction of sp³-hybridized carbons (Fsp3) is 0.263. The Labute approximate surface area is 367 Å². The first-order valence-electron chi connectivity index (χ1n) is 21.9. The van der Waals surface area contributed by atoms with Crippen LogP contribution in [0.25, 0.3) is 50.0 Å². The molecule has 0 aliphatic rings. The Morgan fingerprint density at radius 2 is 1.08 bits per heavy atom. The minimum Gasteiger partial charge on any atom is -0.457 e. The van der Waals surface area contributed by atoms with Crippen LogP contribution in [0.2, 0.25) is 0 Å². The van der Waals surface area contributed by atoms with Crippen molar-refractivity contribution in [3.05, 3.63) is 186 Å². The van der Waals surface area contributed by atoms with Crippen LogP contribution in [0.4, 0.5) is 0 Å². The highest BCUT2D eigenvalue weighted by Gasteiger charge is 2.28. The van der Waals surface area contributed by atoms with E-state index in [1.807, 2.05) is 6.20 Å². The molecule has 0 bridgehead atoms. The fourth-order valence-corrected chi connectivity index (χ4v) is 8.70. The molecule has 6 aromatic carbocycles. The number of imidazole rings is 1. The van der Waals surface area contributed by atoms with Crippen LogP contribution in [0.5, 0.6) is 11.5 Å². The standard InChI is InChI=1S/C57H59N4O/c1-54(2,3)40-29-41(55(4,5)6)31-43(30-40)59-37-60(51-24-18-17-23-50(51)59)44-32-42(56(7,8)9)33-46(35-44)62-45-25-26-48-47-21-15-16-22-49(47)61(52(48)36-45)53-34-39(27-28-58-53)57(10,11)38-19-13-12-14-20-38/h12-37H,1-11H3/q+1. The second-order valence-corrected chi connectivity index (χ2v) is 20.6. The van der Waals surface area contributed by atoms with E-state index in [0.717, 1.165) is 56.1 Å². The molecule has 0 atom stereocenters. The van der Waals surface area contributed by atoms with Crippen molar-refractivity contribution in [1.29, 1.82) is 0 Å². The normalized spacial score (nSPS) is 12.8. The Balaban J connectivity index is 1.17. The molecule has 5 nitrogen and oxygen atoms in total. The van der Waals surface area contributed by atoms with Gasteiger partial charge in [0, 0.05) is 34.5 Å². The Morgan fingerprint density at radius 3 is 1.77 bits per heavy atom. The lowest BCUT2D eigenvalue weighted by Crippen LogP contribution is -2.31. The van der Waals surface area contributed by atoms with Gasteiger partial charge in [-0.2, -0.15) is 9.13 Å². The molecule has 312 valence electrons. The number of ether oxygens (including phenoxy) is 1. The molecule has 5 heteroatoms. The summed E-state index contributed by atoms with van der Waals surface area (Å²) in [5.41, 5.74) is 12.6. The predicted molar refractivity (Wildman–Crippen MR) is 258 cm³/mol. The molecule has 0 fully saturated rings. The zero-order valence-electron chi connectivity index (χ0n) is 38.2. The summed E-state index contributed by atoms with van der Waals surface area (Å²) in [5, 5.41) is 2.33. The number of aromatic nitrogens is 4. The van der Waals surface area contributed by atoms with Gasteiger partial charge in [0.15, 0.2) is 11.0 Å². The summed E-state index contributed by atoms with van der Waals surface area (Å²) in [6.45, 7) is 25.1. The minimum atomic E-state index is -0.210. The van der Waals surface area contributed by atoms with E-state index in [4.69, 9.17) is 9.72 Å². The number of para-hydroxylation sites is 3. The van der Waals surface area contributed by atoms with Crippen LogP contribution in [0.3, 0.4) is 0 Å². The second-order valence-electron chi connectivity index (χ2n) is 20.6. The summed E-state index contributed by atoms with van der Waals surface area (Å²) in [6, 6.07) is 52.6. The molecule has 3 heterocycles. The molecule has 0 saturated carbocycles. The van der Waals surface area contributed by atoms with E-state index >= 15 is 0 Å². The lowest BCUT2D eigenvalue weighted by molar-refractivity contribution is -0.567. The van der Waals surface area contributed by atoms with E-state index < -0.39 is 0 Å². The van der Waals surface area contributed by atoms with Crippen LogP contribution in [0.1, 0.15) is 104 Å². The third kappa shape index (κ3) is 7.48. The Bertz CT molecular complexity index is 3090. The number of rotatable bonds is 7. The van der Waals surface area contributed by atoms with Crippen molar-refractivity contribution in [1.82, 2.24) is 14.1 Å². The summed E-state index contributed by atoms with van der Waals surface area (Å²) in [7, 11) is 0. The van der Waals surface area contributed by atoms with Crippen molar-refractivity contribution >= 4 is 32.8 Å². The lowest BCUT2D eigenvalue weighted by Gasteiger charge is -2.26. The third-order valence-electron chi connectivity index (χ3n) is 12.7. The maximum Gasteiger partial charge on any atom is 0.255 e. The first kappa shape index (κ1) is 40.9. The van der Waals surface area contributed by atoms with E-state index in [1.54, 1.807) is 0 Å². The molecule has 0 saturated heterocycles.